The van der Waals surface area contributed by atoms with Crippen LogP contribution in [0, 0.1) is 0 Å². The number of fused-ring (bicyclic) bond motifs is 1. The second kappa shape index (κ2) is 6.96. The number of benzene rings is 2. The van der Waals surface area contributed by atoms with E-state index >= 15 is 0 Å². The topological polar surface area (TPSA) is 36.7 Å². The van der Waals surface area contributed by atoms with Crippen molar-refractivity contribution in [1.29, 1.82) is 0 Å². The third-order valence-corrected chi connectivity index (χ3v) is 5.17. The van der Waals surface area contributed by atoms with E-state index in [1.807, 2.05) is 41.3 Å². The maximum atomic E-state index is 12.2. The highest BCUT2D eigenvalue weighted by Gasteiger charge is 2.37. The van der Waals surface area contributed by atoms with Crippen LogP contribution in [0.25, 0.3) is 11.0 Å². The van der Waals surface area contributed by atoms with Gasteiger partial charge in [-0.1, -0.05) is 55.5 Å². The normalized spacial score (nSPS) is 17.1. The first-order valence-electron chi connectivity index (χ1n) is 9.19. The maximum absolute atomic E-state index is 12.2. The maximum Gasteiger partial charge on any atom is 0.226 e. The summed E-state index contributed by atoms with van der Waals surface area (Å²) >= 11 is 0. The monoisotopic (exact) mass is 348 g/mol. The molecular formula is C22H24N2O2. The lowest BCUT2D eigenvalue weighted by atomic mass is 9.94. The molecule has 4 rings (SSSR count). The Kier molecular flexibility index (Phi) is 4.51. The van der Waals surface area contributed by atoms with Crippen molar-refractivity contribution >= 4 is 16.9 Å². The molecular weight excluding hydrogens is 324 g/mol. The minimum absolute atomic E-state index is 0.192. The van der Waals surface area contributed by atoms with Gasteiger partial charge < -0.3 is 9.32 Å². The van der Waals surface area contributed by atoms with Gasteiger partial charge in [-0.3, -0.25) is 9.69 Å². The second-order valence-corrected chi connectivity index (χ2v) is 7.00. The summed E-state index contributed by atoms with van der Waals surface area (Å²) in [6, 6.07) is 18.6. The molecule has 3 aromatic rings. The molecule has 0 radical (unpaired) electrons. The van der Waals surface area contributed by atoms with Crippen molar-refractivity contribution in [3.8, 4) is 0 Å². The van der Waals surface area contributed by atoms with Crippen LogP contribution in [0.15, 0.2) is 59.0 Å². The van der Waals surface area contributed by atoms with Crippen molar-refractivity contribution < 1.29 is 9.21 Å². The molecule has 0 aliphatic carbocycles. The van der Waals surface area contributed by atoms with Crippen molar-refractivity contribution in [1.82, 2.24) is 9.80 Å². The Labute approximate surface area is 154 Å². The summed E-state index contributed by atoms with van der Waals surface area (Å²) in [5.74, 6) is 1.26. The summed E-state index contributed by atoms with van der Waals surface area (Å²) in [5.41, 5.74) is 3.38. The van der Waals surface area contributed by atoms with Crippen LogP contribution >= 0.6 is 0 Å². The van der Waals surface area contributed by atoms with Crippen LogP contribution in [-0.2, 0) is 17.8 Å². The van der Waals surface area contributed by atoms with E-state index in [0.29, 0.717) is 13.1 Å². The van der Waals surface area contributed by atoms with E-state index in [2.05, 4.69) is 37.1 Å². The number of β-lactam (4-membered cyclic amide) rings is 1. The molecule has 1 saturated heterocycles. The average molecular weight is 348 g/mol. The van der Waals surface area contributed by atoms with Gasteiger partial charge in [-0.2, -0.15) is 0 Å². The van der Waals surface area contributed by atoms with Gasteiger partial charge in [0.05, 0.1) is 19.1 Å². The summed E-state index contributed by atoms with van der Waals surface area (Å²) < 4.78 is 6.00. The molecule has 2 aromatic carbocycles. The molecule has 2 heterocycles. The Morgan fingerprint density at radius 1 is 1.12 bits per heavy atom. The Balaban J connectivity index is 1.51. The molecule has 0 N–H and O–H groups in total. The lowest BCUT2D eigenvalue weighted by molar-refractivity contribution is -0.149. The zero-order chi connectivity index (χ0) is 18.1. The minimum atomic E-state index is 0.192. The smallest absolute Gasteiger partial charge is 0.226 e. The molecule has 4 heteroatoms. The van der Waals surface area contributed by atoms with Crippen LogP contribution in [0.4, 0.5) is 0 Å². The predicted molar refractivity (Wildman–Crippen MR) is 103 cm³/mol. The number of para-hydroxylation sites is 1. The summed E-state index contributed by atoms with van der Waals surface area (Å²) in [5, 5.41) is 1.17. The summed E-state index contributed by atoms with van der Waals surface area (Å²) in [7, 11) is 2.06. The van der Waals surface area contributed by atoms with Gasteiger partial charge >= 0.3 is 0 Å². The third kappa shape index (κ3) is 3.01. The number of rotatable bonds is 6. The lowest BCUT2D eigenvalue weighted by Gasteiger charge is -2.42. The first-order chi connectivity index (χ1) is 12.7. The number of likely N-dealkylation sites (tertiary alicyclic amines) is 1. The molecule has 0 spiro atoms. The van der Waals surface area contributed by atoms with Crippen LogP contribution in [0.1, 0.15) is 36.3 Å². The van der Waals surface area contributed by atoms with Gasteiger partial charge in [0.1, 0.15) is 11.3 Å². The highest BCUT2D eigenvalue weighted by atomic mass is 16.3. The van der Waals surface area contributed by atoms with Crippen molar-refractivity contribution in [3.05, 3.63) is 71.5 Å². The molecule has 0 bridgehead atoms. The molecule has 4 nitrogen and oxygen atoms in total. The number of amides is 1. The molecule has 1 aliphatic heterocycles. The van der Waals surface area contributed by atoms with Gasteiger partial charge in [0, 0.05) is 23.9 Å². The Morgan fingerprint density at radius 3 is 2.58 bits per heavy atom. The molecule has 134 valence electrons. The van der Waals surface area contributed by atoms with Crippen molar-refractivity contribution in [2.75, 3.05) is 13.7 Å². The SMILES string of the molecule is CCc1oc2ccccc2c1CN(C)CN1C(=O)CC1c1ccccc1. The van der Waals surface area contributed by atoms with Crippen molar-refractivity contribution in [3.63, 3.8) is 0 Å². The molecule has 1 unspecified atom stereocenters. The first-order valence-corrected chi connectivity index (χ1v) is 9.19. The second-order valence-electron chi connectivity index (χ2n) is 7.00. The van der Waals surface area contributed by atoms with Gasteiger partial charge in [0.15, 0.2) is 0 Å². The van der Waals surface area contributed by atoms with Gasteiger partial charge in [0.25, 0.3) is 0 Å². The Hall–Kier alpha value is -2.59. The Morgan fingerprint density at radius 2 is 1.85 bits per heavy atom. The standard InChI is InChI=1S/C22H24N2O2/c1-3-20-18(17-11-7-8-12-21(17)26-20)14-23(2)15-24-19(13-22(24)25)16-9-5-4-6-10-16/h4-12,19H,3,13-15H2,1-2H3. The fraction of sp³-hybridized carbons (Fsp3) is 0.318. The van der Waals surface area contributed by atoms with Gasteiger partial charge in [-0.05, 0) is 18.7 Å². The fourth-order valence-corrected chi connectivity index (χ4v) is 3.79. The fourth-order valence-electron chi connectivity index (χ4n) is 3.79. The molecule has 1 amide bonds. The zero-order valence-corrected chi connectivity index (χ0v) is 15.3. The number of aryl methyl sites for hydroxylation is 1. The number of carbonyl (C=O) groups excluding carboxylic acids is 1. The molecule has 1 atom stereocenters. The molecule has 1 fully saturated rings. The summed E-state index contributed by atoms with van der Waals surface area (Å²) in [6.45, 7) is 3.51. The summed E-state index contributed by atoms with van der Waals surface area (Å²) in [6.07, 6.45) is 1.47. The van der Waals surface area contributed by atoms with Crippen LogP contribution in [0.5, 0.6) is 0 Å². The highest BCUT2D eigenvalue weighted by molar-refractivity contribution is 5.84. The molecule has 26 heavy (non-hydrogen) atoms. The molecule has 0 saturated carbocycles. The van der Waals surface area contributed by atoms with E-state index in [-0.39, 0.29) is 11.9 Å². The van der Waals surface area contributed by atoms with Gasteiger partial charge in [-0.25, -0.2) is 0 Å². The molecule has 1 aromatic heterocycles. The average Bonchev–Trinajstić information content (AvgIpc) is 3.02. The quantitative estimate of drug-likeness (QED) is 0.621. The number of hydrogen-bond acceptors (Lipinski definition) is 3. The minimum Gasteiger partial charge on any atom is -0.461 e. The van der Waals surface area contributed by atoms with E-state index in [1.54, 1.807) is 0 Å². The van der Waals surface area contributed by atoms with Crippen LogP contribution in [-0.4, -0.2) is 29.4 Å². The van der Waals surface area contributed by atoms with E-state index < -0.39 is 0 Å². The summed E-state index contributed by atoms with van der Waals surface area (Å²) in [4.78, 5) is 16.3. The van der Waals surface area contributed by atoms with E-state index in [0.717, 1.165) is 24.3 Å². The van der Waals surface area contributed by atoms with Gasteiger partial charge in [0.2, 0.25) is 5.91 Å². The molecule has 1 aliphatic rings. The van der Waals surface area contributed by atoms with E-state index in [9.17, 15) is 4.79 Å². The lowest BCUT2D eigenvalue weighted by Crippen LogP contribution is -2.50. The van der Waals surface area contributed by atoms with Crippen LogP contribution in [0.3, 0.4) is 0 Å². The van der Waals surface area contributed by atoms with Crippen molar-refractivity contribution in [2.24, 2.45) is 0 Å². The van der Waals surface area contributed by atoms with Crippen LogP contribution in [0.2, 0.25) is 0 Å². The third-order valence-electron chi connectivity index (χ3n) is 5.17. The predicted octanol–water partition coefficient (Wildman–Crippen LogP) is 4.36. The van der Waals surface area contributed by atoms with Gasteiger partial charge in [-0.15, -0.1) is 0 Å². The Bertz CT molecular complexity index is 916. The van der Waals surface area contributed by atoms with Crippen molar-refractivity contribution in [2.45, 2.75) is 32.4 Å². The number of furan rings is 1. The zero-order valence-electron chi connectivity index (χ0n) is 15.3. The number of nitrogens with zero attached hydrogens (tertiary/aromatic N) is 2. The first kappa shape index (κ1) is 16.9. The van der Waals surface area contributed by atoms with E-state index in [1.165, 1.54) is 16.5 Å². The van der Waals surface area contributed by atoms with Crippen LogP contribution < -0.4 is 0 Å². The largest absolute Gasteiger partial charge is 0.461 e. The number of carbonyl (C=O) groups is 1. The number of hydrogen-bond donors (Lipinski definition) is 0. The van der Waals surface area contributed by atoms with E-state index in [4.69, 9.17) is 4.42 Å². The highest BCUT2D eigenvalue weighted by Crippen LogP contribution is 2.34.